The van der Waals surface area contributed by atoms with E-state index in [4.69, 9.17) is 11.6 Å². The summed E-state index contributed by atoms with van der Waals surface area (Å²) in [5, 5.41) is -0.0796. The van der Waals surface area contributed by atoms with Gasteiger partial charge in [-0.05, 0) is 47.7 Å². The van der Waals surface area contributed by atoms with E-state index in [2.05, 4.69) is 4.74 Å². The maximum Gasteiger partial charge on any atom is 0.337 e. The molecule has 0 unspecified atom stereocenters. The highest BCUT2D eigenvalue weighted by Gasteiger charge is 2.37. The maximum atomic E-state index is 12.6. The van der Waals surface area contributed by atoms with Crippen LogP contribution in [0.15, 0.2) is 53.4 Å². The number of amides is 2. The molecule has 0 atom stereocenters. The van der Waals surface area contributed by atoms with Gasteiger partial charge in [0.15, 0.2) is 0 Å². The highest BCUT2D eigenvalue weighted by atomic mass is 35.5. The van der Waals surface area contributed by atoms with Crippen LogP contribution in [0.4, 0.5) is 10.5 Å². The van der Waals surface area contributed by atoms with E-state index in [1.165, 1.54) is 7.11 Å². The van der Waals surface area contributed by atoms with Crippen molar-refractivity contribution in [2.75, 3.05) is 12.0 Å². The molecule has 1 aliphatic heterocycles. The third kappa shape index (κ3) is 3.45. The zero-order valence-electron chi connectivity index (χ0n) is 13.1. The normalized spacial score (nSPS) is 15.8. The molecule has 0 saturated carbocycles. The Morgan fingerprint density at radius 2 is 1.80 bits per heavy atom. The van der Waals surface area contributed by atoms with E-state index >= 15 is 0 Å². The number of ether oxygens (including phenoxy) is 1. The molecule has 1 heterocycles. The first-order valence-corrected chi connectivity index (χ1v) is 8.41. The lowest BCUT2D eigenvalue weighted by atomic mass is 10.1. The molecular weight excluding hydrogens is 362 g/mol. The molecule has 1 fully saturated rings. The average Bonchev–Trinajstić information content (AvgIpc) is 2.89. The van der Waals surface area contributed by atoms with Crippen LogP contribution in [0, 0.1) is 0 Å². The lowest BCUT2D eigenvalue weighted by Crippen LogP contribution is -2.27. The minimum Gasteiger partial charge on any atom is -0.465 e. The van der Waals surface area contributed by atoms with Gasteiger partial charge in [0, 0.05) is 0 Å². The summed E-state index contributed by atoms with van der Waals surface area (Å²) in [5.74, 6) is -0.870. The van der Waals surface area contributed by atoms with Crippen LogP contribution < -0.4 is 4.90 Å². The van der Waals surface area contributed by atoms with Crippen LogP contribution in [0.25, 0.3) is 6.08 Å². The fourth-order valence-corrected chi connectivity index (χ4v) is 3.35. The second-order valence-corrected chi connectivity index (χ2v) is 6.48. The van der Waals surface area contributed by atoms with Crippen LogP contribution in [0.5, 0.6) is 0 Å². The largest absolute Gasteiger partial charge is 0.465 e. The third-order valence-corrected chi connectivity index (χ3v) is 4.71. The molecule has 0 spiro atoms. The first-order chi connectivity index (χ1) is 12.0. The second-order valence-electron chi connectivity index (χ2n) is 5.08. The van der Waals surface area contributed by atoms with Crippen LogP contribution in [-0.4, -0.2) is 24.2 Å². The standard InChI is InChI=1S/C18H12ClNO4S/c1-24-17(22)12-8-6-11(7-9-12)10-15-16(21)20(18(23)25-15)14-5-3-2-4-13(14)19/h2-10H,1H3. The molecule has 25 heavy (non-hydrogen) atoms. The number of carbonyl (C=O) groups excluding carboxylic acids is 3. The smallest absolute Gasteiger partial charge is 0.337 e. The number of carbonyl (C=O) groups is 3. The number of para-hydroxylation sites is 1. The van der Waals surface area contributed by atoms with E-state index in [0.717, 1.165) is 16.7 Å². The van der Waals surface area contributed by atoms with Gasteiger partial charge in [-0.2, -0.15) is 0 Å². The molecule has 0 aromatic heterocycles. The van der Waals surface area contributed by atoms with E-state index in [9.17, 15) is 14.4 Å². The van der Waals surface area contributed by atoms with Crippen LogP contribution in [0.1, 0.15) is 15.9 Å². The monoisotopic (exact) mass is 373 g/mol. The summed E-state index contributed by atoms with van der Waals surface area (Å²) in [5.41, 5.74) is 1.46. The first kappa shape index (κ1) is 17.3. The molecule has 0 N–H and O–H groups in total. The highest BCUT2D eigenvalue weighted by Crippen LogP contribution is 2.38. The number of hydrogen-bond acceptors (Lipinski definition) is 5. The molecule has 5 nitrogen and oxygen atoms in total. The predicted molar refractivity (Wildman–Crippen MR) is 97.7 cm³/mol. The van der Waals surface area contributed by atoms with Gasteiger partial charge in [0.1, 0.15) is 0 Å². The van der Waals surface area contributed by atoms with E-state index in [1.54, 1.807) is 54.6 Å². The fraction of sp³-hybridized carbons (Fsp3) is 0.0556. The van der Waals surface area contributed by atoms with Crippen molar-refractivity contribution in [1.82, 2.24) is 0 Å². The number of benzene rings is 2. The minimum atomic E-state index is -0.439. The molecule has 1 aliphatic rings. The number of thioether (sulfide) groups is 1. The molecule has 0 aliphatic carbocycles. The van der Waals surface area contributed by atoms with Crippen LogP contribution in [-0.2, 0) is 9.53 Å². The number of methoxy groups -OCH3 is 1. The van der Waals surface area contributed by atoms with Gasteiger partial charge in [0.25, 0.3) is 11.1 Å². The average molecular weight is 374 g/mol. The lowest BCUT2D eigenvalue weighted by Gasteiger charge is -2.13. The molecule has 2 aromatic carbocycles. The van der Waals surface area contributed by atoms with Crippen LogP contribution in [0.2, 0.25) is 5.02 Å². The SMILES string of the molecule is COC(=O)c1ccc(C=C2SC(=O)N(c3ccccc3Cl)C2=O)cc1. The molecule has 126 valence electrons. The molecule has 0 bridgehead atoms. The lowest BCUT2D eigenvalue weighted by molar-refractivity contribution is -0.113. The molecular formula is C18H12ClNO4S. The van der Waals surface area contributed by atoms with Crippen molar-refractivity contribution in [1.29, 1.82) is 0 Å². The topological polar surface area (TPSA) is 63.7 Å². The van der Waals surface area contributed by atoms with E-state index in [0.29, 0.717) is 21.8 Å². The zero-order valence-corrected chi connectivity index (χ0v) is 14.6. The third-order valence-electron chi connectivity index (χ3n) is 3.52. The zero-order chi connectivity index (χ0) is 18.0. The Bertz CT molecular complexity index is 892. The highest BCUT2D eigenvalue weighted by molar-refractivity contribution is 8.19. The van der Waals surface area contributed by atoms with E-state index in [-0.39, 0.29) is 4.91 Å². The molecule has 1 saturated heterocycles. The number of halogens is 1. The number of anilines is 1. The summed E-state index contributed by atoms with van der Waals surface area (Å²) in [6.07, 6.45) is 1.60. The molecule has 0 radical (unpaired) electrons. The van der Waals surface area contributed by atoms with Gasteiger partial charge < -0.3 is 4.74 Å². The molecule has 3 rings (SSSR count). The van der Waals surface area contributed by atoms with Crippen molar-refractivity contribution < 1.29 is 19.1 Å². The predicted octanol–water partition coefficient (Wildman–Crippen LogP) is 4.37. The number of hydrogen-bond donors (Lipinski definition) is 0. The summed E-state index contributed by atoms with van der Waals surface area (Å²) in [6.45, 7) is 0. The van der Waals surface area contributed by atoms with Gasteiger partial charge in [-0.3, -0.25) is 9.59 Å². The quantitative estimate of drug-likeness (QED) is 0.590. The Balaban J connectivity index is 1.88. The number of esters is 1. The van der Waals surface area contributed by atoms with Crippen molar-refractivity contribution >= 4 is 52.2 Å². The summed E-state index contributed by atoms with van der Waals surface area (Å²) in [6, 6.07) is 13.2. The van der Waals surface area contributed by atoms with Crippen molar-refractivity contribution in [3.63, 3.8) is 0 Å². The first-order valence-electron chi connectivity index (χ1n) is 7.22. The van der Waals surface area contributed by atoms with Gasteiger partial charge in [-0.1, -0.05) is 35.9 Å². The Labute approximate surface area is 153 Å². The number of imide groups is 1. The van der Waals surface area contributed by atoms with Gasteiger partial charge >= 0.3 is 5.97 Å². The van der Waals surface area contributed by atoms with Crippen molar-refractivity contribution in [2.24, 2.45) is 0 Å². The molecule has 7 heteroatoms. The van der Waals surface area contributed by atoms with E-state index < -0.39 is 17.1 Å². The summed E-state index contributed by atoms with van der Waals surface area (Å²) >= 11 is 6.93. The van der Waals surface area contributed by atoms with Crippen molar-refractivity contribution in [3.8, 4) is 0 Å². The summed E-state index contributed by atoms with van der Waals surface area (Å²) < 4.78 is 4.64. The van der Waals surface area contributed by atoms with Gasteiger partial charge in [-0.25, -0.2) is 9.69 Å². The van der Waals surface area contributed by atoms with Crippen molar-refractivity contribution in [3.05, 3.63) is 69.6 Å². The Hall–Kier alpha value is -2.57. The molecule has 2 aromatic rings. The summed E-state index contributed by atoms with van der Waals surface area (Å²) in [4.78, 5) is 37.6. The minimum absolute atomic E-state index is 0.288. The van der Waals surface area contributed by atoms with Gasteiger partial charge in [0.2, 0.25) is 0 Å². The fourth-order valence-electron chi connectivity index (χ4n) is 2.29. The van der Waals surface area contributed by atoms with Gasteiger partial charge in [-0.15, -0.1) is 0 Å². The maximum absolute atomic E-state index is 12.6. The Morgan fingerprint density at radius 1 is 1.12 bits per heavy atom. The van der Waals surface area contributed by atoms with Crippen molar-refractivity contribution in [2.45, 2.75) is 0 Å². The Morgan fingerprint density at radius 3 is 2.44 bits per heavy atom. The van der Waals surface area contributed by atoms with Crippen LogP contribution >= 0.6 is 23.4 Å². The van der Waals surface area contributed by atoms with Crippen LogP contribution in [0.3, 0.4) is 0 Å². The molecule has 2 amide bonds. The van der Waals surface area contributed by atoms with E-state index in [1.807, 2.05) is 0 Å². The van der Waals surface area contributed by atoms with Gasteiger partial charge in [0.05, 0.1) is 28.3 Å². The number of rotatable bonds is 3. The summed E-state index contributed by atoms with van der Waals surface area (Å²) in [7, 11) is 1.31. The second kappa shape index (κ2) is 7.13. The Kier molecular flexibility index (Phi) is 4.92. The number of nitrogens with zero attached hydrogens (tertiary/aromatic N) is 1.